The van der Waals surface area contributed by atoms with Gasteiger partial charge in [0.2, 0.25) is 0 Å². The van der Waals surface area contributed by atoms with Gasteiger partial charge >= 0.3 is 5.97 Å². The molecule has 1 aromatic carbocycles. The molecule has 1 aromatic rings. The molecule has 0 saturated heterocycles. The monoisotopic (exact) mass is 397 g/mol. The molecule has 1 atom stereocenters. The third-order valence-corrected chi connectivity index (χ3v) is 5.33. The normalized spacial score (nSPS) is 21.1. The molecule has 1 heterocycles. The summed E-state index contributed by atoms with van der Waals surface area (Å²) < 4.78 is 11.1. The van der Waals surface area contributed by atoms with Crippen LogP contribution in [0.4, 0.5) is 0 Å². The average molecular weight is 398 g/mol. The van der Waals surface area contributed by atoms with Crippen LogP contribution in [0.2, 0.25) is 0 Å². The lowest BCUT2D eigenvalue weighted by atomic mass is 9.68. The van der Waals surface area contributed by atoms with Crippen molar-refractivity contribution in [2.45, 2.75) is 66.4 Å². The average Bonchev–Trinajstić information content (AvgIpc) is 2.59. The van der Waals surface area contributed by atoms with Gasteiger partial charge in [-0.25, -0.2) is 4.79 Å². The van der Waals surface area contributed by atoms with E-state index < -0.39 is 5.92 Å². The van der Waals surface area contributed by atoms with Crippen LogP contribution in [0.15, 0.2) is 46.8 Å². The fourth-order valence-electron chi connectivity index (χ4n) is 4.24. The van der Waals surface area contributed by atoms with Crippen LogP contribution in [0.5, 0.6) is 5.75 Å². The number of ketones is 1. The first-order valence-corrected chi connectivity index (χ1v) is 10.3. The van der Waals surface area contributed by atoms with E-state index in [-0.39, 0.29) is 23.3 Å². The number of hydrogen-bond acceptors (Lipinski definition) is 5. The van der Waals surface area contributed by atoms with E-state index in [9.17, 15) is 9.59 Å². The number of carbonyl (C=O) groups is 2. The van der Waals surface area contributed by atoms with E-state index in [4.69, 9.17) is 9.47 Å². The molecule has 156 valence electrons. The van der Waals surface area contributed by atoms with Crippen molar-refractivity contribution in [1.29, 1.82) is 0 Å². The number of dihydropyridines is 1. The molecule has 2 aliphatic rings. The number of benzene rings is 1. The molecule has 1 N–H and O–H groups in total. The molecular formula is C24H31NO4. The molecule has 0 saturated carbocycles. The molecule has 0 spiro atoms. The largest absolute Gasteiger partial charge is 0.494 e. The summed E-state index contributed by atoms with van der Waals surface area (Å²) in [4.78, 5) is 26.2. The Balaban J connectivity index is 2.11. The van der Waals surface area contributed by atoms with E-state index in [1.807, 2.05) is 52.0 Å². The first-order valence-electron chi connectivity index (χ1n) is 10.3. The van der Waals surface area contributed by atoms with Gasteiger partial charge in [0.15, 0.2) is 5.78 Å². The number of carbonyl (C=O) groups excluding carboxylic acids is 2. The smallest absolute Gasteiger partial charge is 0.337 e. The van der Waals surface area contributed by atoms with Gasteiger partial charge in [-0.2, -0.15) is 0 Å². The minimum absolute atomic E-state index is 0.0879. The second-order valence-electron chi connectivity index (χ2n) is 8.89. The topological polar surface area (TPSA) is 64.6 Å². The molecule has 0 fully saturated rings. The molecule has 1 unspecified atom stereocenters. The van der Waals surface area contributed by atoms with Crippen molar-refractivity contribution in [1.82, 2.24) is 5.32 Å². The van der Waals surface area contributed by atoms with Crippen molar-refractivity contribution in [3.8, 4) is 5.75 Å². The molecule has 5 nitrogen and oxygen atoms in total. The van der Waals surface area contributed by atoms with Crippen LogP contribution >= 0.6 is 0 Å². The quantitative estimate of drug-likeness (QED) is 0.733. The highest BCUT2D eigenvalue weighted by atomic mass is 16.5. The van der Waals surface area contributed by atoms with Crippen LogP contribution in [0, 0.1) is 5.41 Å². The van der Waals surface area contributed by atoms with Gasteiger partial charge in [-0.05, 0) is 57.2 Å². The van der Waals surface area contributed by atoms with E-state index >= 15 is 0 Å². The fourth-order valence-corrected chi connectivity index (χ4v) is 4.24. The summed E-state index contributed by atoms with van der Waals surface area (Å²) >= 11 is 0. The maximum atomic E-state index is 13.2. The number of ether oxygens (including phenoxy) is 2. The highest BCUT2D eigenvalue weighted by Crippen LogP contribution is 2.47. The van der Waals surface area contributed by atoms with Crippen LogP contribution < -0.4 is 10.1 Å². The van der Waals surface area contributed by atoms with Gasteiger partial charge in [0.05, 0.1) is 18.3 Å². The lowest BCUT2D eigenvalue weighted by Gasteiger charge is -2.39. The van der Waals surface area contributed by atoms with Crippen molar-refractivity contribution in [3.63, 3.8) is 0 Å². The molecule has 1 aliphatic carbocycles. The second-order valence-corrected chi connectivity index (χ2v) is 8.89. The van der Waals surface area contributed by atoms with E-state index in [1.165, 1.54) is 0 Å². The van der Waals surface area contributed by atoms with Crippen LogP contribution in [-0.4, -0.2) is 24.5 Å². The SMILES string of the molecule is CCOc1ccc(C2C(C(=O)OC(C)C)=C(C)NC3=C2C(=O)CC(C)(C)C3)cc1. The van der Waals surface area contributed by atoms with Gasteiger partial charge in [0.1, 0.15) is 5.75 Å². The number of hydrogen-bond donors (Lipinski definition) is 1. The van der Waals surface area contributed by atoms with Crippen molar-refractivity contribution in [2.24, 2.45) is 5.41 Å². The highest BCUT2D eigenvalue weighted by Gasteiger charge is 2.43. The van der Waals surface area contributed by atoms with Gasteiger partial charge in [-0.15, -0.1) is 0 Å². The van der Waals surface area contributed by atoms with Gasteiger partial charge in [0.25, 0.3) is 0 Å². The molecule has 3 rings (SSSR count). The predicted molar refractivity (Wildman–Crippen MR) is 112 cm³/mol. The van der Waals surface area contributed by atoms with E-state index in [2.05, 4.69) is 19.2 Å². The predicted octanol–water partition coefficient (Wildman–Crippen LogP) is 4.64. The molecule has 0 bridgehead atoms. The maximum Gasteiger partial charge on any atom is 0.337 e. The Hall–Kier alpha value is -2.56. The third-order valence-electron chi connectivity index (χ3n) is 5.33. The maximum absolute atomic E-state index is 13.2. The zero-order chi connectivity index (χ0) is 21.3. The van der Waals surface area contributed by atoms with Crippen LogP contribution in [0.3, 0.4) is 0 Å². The summed E-state index contributed by atoms with van der Waals surface area (Å²) in [5.74, 6) is 0.0392. The number of rotatable bonds is 5. The Labute approximate surface area is 173 Å². The summed E-state index contributed by atoms with van der Waals surface area (Å²) in [5, 5.41) is 3.35. The van der Waals surface area contributed by atoms with E-state index in [1.54, 1.807) is 0 Å². The van der Waals surface area contributed by atoms with Crippen molar-refractivity contribution in [3.05, 3.63) is 52.4 Å². The van der Waals surface area contributed by atoms with Crippen LogP contribution in [0.25, 0.3) is 0 Å². The summed E-state index contributed by atoms with van der Waals surface area (Å²) in [6.07, 6.45) is 0.998. The van der Waals surface area contributed by atoms with Gasteiger partial charge in [-0.3, -0.25) is 4.79 Å². The molecule has 29 heavy (non-hydrogen) atoms. The van der Waals surface area contributed by atoms with Gasteiger partial charge in [0, 0.05) is 29.3 Å². The Morgan fingerprint density at radius 2 is 1.86 bits per heavy atom. The lowest BCUT2D eigenvalue weighted by molar-refractivity contribution is -0.143. The molecule has 0 aromatic heterocycles. The van der Waals surface area contributed by atoms with Crippen LogP contribution in [-0.2, 0) is 14.3 Å². The standard InChI is InChI=1S/C24H31NO4/c1-7-28-17-10-8-16(9-11-17)21-20(23(27)29-14(2)3)15(4)25-18-12-24(5,6)13-19(26)22(18)21/h8-11,14,21,25H,7,12-13H2,1-6H3. The zero-order valence-electron chi connectivity index (χ0n) is 18.2. The summed E-state index contributed by atoms with van der Waals surface area (Å²) in [6.45, 7) is 12.3. The Morgan fingerprint density at radius 1 is 1.21 bits per heavy atom. The highest BCUT2D eigenvalue weighted by molar-refractivity contribution is 6.04. The van der Waals surface area contributed by atoms with E-state index in [0.717, 1.165) is 29.1 Å². The van der Waals surface area contributed by atoms with Crippen molar-refractivity contribution in [2.75, 3.05) is 6.61 Å². The Kier molecular flexibility index (Phi) is 5.87. The molecular weight excluding hydrogens is 366 g/mol. The van der Waals surface area contributed by atoms with E-state index in [0.29, 0.717) is 24.2 Å². The number of nitrogens with one attached hydrogen (secondary N) is 1. The molecule has 1 aliphatic heterocycles. The first kappa shape index (κ1) is 21.2. The lowest BCUT2D eigenvalue weighted by Crippen LogP contribution is -2.39. The third kappa shape index (κ3) is 4.39. The van der Waals surface area contributed by atoms with Crippen LogP contribution in [0.1, 0.15) is 65.9 Å². The molecule has 5 heteroatoms. The van der Waals surface area contributed by atoms with Crippen molar-refractivity contribution >= 4 is 11.8 Å². The van der Waals surface area contributed by atoms with Gasteiger partial charge in [-0.1, -0.05) is 26.0 Å². The summed E-state index contributed by atoms with van der Waals surface area (Å²) in [6, 6.07) is 7.65. The minimum Gasteiger partial charge on any atom is -0.494 e. The minimum atomic E-state index is -0.434. The fraction of sp³-hybridized carbons (Fsp3) is 0.500. The molecule has 0 amide bonds. The second kappa shape index (κ2) is 8.05. The summed E-state index contributed by atoms with van der Waals surface area (Å²) in [7, 11) is 0. The Morgan fingerprint density at radius 3 is 2.45 bits per heavy atom. The Bertz CT molecular complexity index is 875. The number of esters is 1. The number of allylic oxidation sites excluding steroid dienone is 3. The molecule has 0 radical (unpaired) electrons. The first-order chi connectivity index (χ1) is 13.6. The van der Waals surface area contributed by atoms with Crippen molar-refractivity contribution < 1.29 is 19.1 Å². The zero-order valence-corrected chi connectivity index (χ0v) is 18.2. The number of Topliss-reactive ketones (excluding diaryl/α,β-unsaturated/α-hetero) is 1. The van der Waals surface area contributed by atoms with Gasteiger partial charge < -0.3 is 14.8 Å². The summed E-state index contributed by atoms with van der Waals surface area (Å²) in [5.41, 5.74) is 3.65.